The number of sulfone groups is 1. The van der Waals surface area contributed by atoms with Gasteiger partial charge in [0.05, 0.1) is 28.4 Å². The van der Waals surface area contributed by atoms with E-state index >= 15 is 4.39 Å². The number of rotatable bonds is 6. The first-order valence-electron chi connectivity index (χ1n) is 13.2. The molecule has 41 heavy (non-hydrogen) atoms. The van der Waals surface area contributed by atoms with E-state index in [1.807, 2.05) is 0 Å². The number of carbonyl (C=O) groups excluding carboxylic acids is 3. The fraction of sp³-hybridized carbons (Fsp3) is 0.464. The molecule has 222 valence electrons. The highest BCUT2D eigenvalue weighted by Gasteiger charge is 2.40. The molecule has 4 rings (SSSR count). The number of amides is 3. The van der Waals surface area contributed by atoms with Crippen molar-refractivity contribution in [2.75, 3.05) is 30.4 Å². The van der Waals surface area contributed by atoms with Gasteiger partial charge in [-0.3, -0.25) is 9.59 Å². The number of nitrogens with one attached hydrogen (secondary N) is 2. The zero-order chi connectivity index (χ0) is 29.9. The van der Waals surface area contributed by atoms with Gasteiger partial charge in [0, 0.05) is 19.8 Å². The predicted octanol–water partition coefficient (Wildman–Crippen LogP) is 3.34. The Morgan fingerprint density at radius 2 is 1.76 bits per heavy atom. The van der Waals surface area contributed by atoms with Crippen molar-refractivity contribution in [3.05, 3.63) is 59.2 Å². The van der Waals surface area contributed by atoms with Crippen LogP contribution in [0.15, 0.2) is 41.3 Å². The molecule has 3 amide bonds. The van der Waals surface area contributed by atoms with Crippen LogP contribution >= 0.6 is 0 Å². The number of nitrogens with zero attached hydrogens (tertiary/aromatic N) is 1. The number of hydrogen-bond donors (Lipinski definition) is 2. The van der Waals surface area contributed by atoms with Gasteiger partial charge in [-0.05, 0) is 69.4 Å². The molecule has 1 saturated heterocycles. The molecule has 2 heterocycles. The molecule has 2 aromatic carbocycles. The summed E-state index contributed by atoms with van der Waals surface area (Å²) < 4.78 is 66.2. The monoisotopic (exact) mass is 593 g/mol. The number of hydrogen-bond acceptors (Lipinski definition) is 7. The van der Waals surface area contributed by atoms with Crippen molar-refractivity contribution < 1.29 is 41.1 Å². The Morgan fingerprint density at radius 1 is 1.10 bits per heavy atom. The first-order chi connectivity index (χ1) is 19.2. The summed E-state index contributed by atoms with van der Waals surface area (Å²) in [6, 6.07) is 5.31. The highest BCUT2D eigenvalue weighted by Crippen LogP contribution is 2.34. The molecule has 0 saturated carbocycles. The molecule has 2 N–H and O–H groups in total. The van der Waals surface area contributed by atoms with E-state index in [9.17, 15) is 27.2 Å². The summed E-state index contributed by atoms with van der Waals surface area (Å²) in [4.78, 5) is 39.8. The molecule has 10 nitrogen and oxygen atoms in total. The normalized spacial score (nSPS) is 19.2. The Kier molecular flexibility index (Phi) is 8.97. The second-order valence-corrected chi connectivity index (χ2v) is 13.1. The summed E-state index contributed by atoms with van der Waals surface area (Å²) in [5.41, 5.74) is -1.17. The molecule has 0 aliphatic carbocycles. The molecule has 0 aromatic heterocycles. The van der Waals surface area contributed by atoms with E-state index in [4.69, 9.17) is 9.47 Å². The number of fused-ring (bicyclic) bond motifs is 1. The summed E-state index contributed by atoms with van der Waals surface area (Å²) in [7, 11) is -4.35. The third kappa shape index (κ3) is 7.59. The van der Waals surface area contributed by atoms with E-state index in [-0.39, 0.29) is 24.7 Å². The first-order valence-corrected chi connectivity index (χ1v) is 14.9. The molecule has 1 fully saturated rings. The van der Waals surface area contributed by atoms with Crippen LogP contribution in [-0.4, -0.2) is 63.5 Å². The Labute approximate surface area is 237 Å². The van der Waals surface area contributed by atoms with Crippen molar-refractivity contribution in [1.29, 1.82) is 0 Å². The van der Waals surface area contributed by atoms with Crippen molar-refractivity contribution in [1.82, 2.24) is 10.6 Å². The van der Waals surface area contributed by atoms with Crippen LogP contribution in [0.1, 0.15) is 49.5 Å². The Balaban J connectivity index is 1.72. The van der Waals surface area contributed by atoms with Crippen LogP contribution in [0.25, 0.3) is 0 Å². The molecule has 0 spiro atoms. The van der Waals surface area contributed by atoms with Crippen molar-refractivity contribution in [2.24, 2.45) is 5.92 Å². The second kappa shape index (κ2) is 12.1. The molecule has 2 aliphatic heterocycles. The maximum Gasteiger partial charge on any atom is 0.408 e. The first kappa shape index (κ1) is 30.4. The smallest absolute Gasteiger partial charge is 0.408 e. The molecule has 13 heteroatoms. The number of ether oxygens (including phenoxy) is 2. The molecular formula is C28H33F2N3O7S. The quantitative estimate of drug-likeness (QED) is 0.525. The summed E-state index contributed by atoms with van der Waals surface area (Å²) in [5.74, 6) is -3.92. The van der Waals surface area contributed by atoms with Gasteiger partial charge in [0.15, 0.2) is 9.84 Å². The summed E-state index contributed by atoms with van der Waals surface area (Å²) in [5, 5.41) is 5.00. The van der Waals surface area contributed by atoms with Crippen LogP contribution in [-0.2, 0) is 30.7 Å². The Bertz CT molecular complexity index is 1420. The molecule has 2 aliphatic rings. The number of anilines is 1. The number of benzene rings is 2. The average Bonchev–Trinajstić information content (AvgIpc) is 2.96. The van der Waals surface area contributed by atoms with Crippen molar-refractivity contribution in [3.8, 4) is 0 Å². The largest absolute Gasteiger partial charge is 0.444 e. The molecule has 1 atom stereocenters. The van der Waals surface area contributed by atoms with E-state index in [1.165, 1.54) is 24.3 Å². The zero-order valence-corrected chi connectivity index (χ0v) is 23.9. The highest BCUT2D eigenvalue weighted by molar-refractivity contribution is 7.91. The third-order valence-corrected chi connectivity index (χ3v) is 8.48. The molecule has 0 radical (unpaired) electrons. The van der Waals surface area contributed by atoms with Gasteiger partial charge in [0.2, 0.25) is 0 Å². The van der Waals surface area contributed by atoms with Gasteiger partial charge in [-0.1, -0.05) is 12.1 Å². The van der Waals surface area contributed by atoms with Crippen molar-refractivity contribution in [2.45, 2.75) is 56.7 Å². The standard InChI is InChI=1S/C28H33F2N3O7S/c1-28(2,3)40-27(36)32-22-16-41(37,38)24-13-21(30)20(25(34)31-14-17-8-10-39-11-9-17)12-23(24)33(26(22)35)15-18-4-6-19(29)7-5-18/h4-7,12-13,17,22H,8-11,14-16H2,1-3H3,(H,31,34)(H,32,36)/t22-/m0/s1. The van der Waals surface area contributed by atoms with Crippen LogP contribution in [0.3, 0.4) is 0 Å². The van der Waals surface area contributed by atoms with Gasteiger partial charge in [-0.25, -0.2) is 22.0 Å². The fourth-order valence-electron chi connectivity index (χ4n) is 4.64. The minimum absolute atomic E-state index is 0.146. The summed E-state index contributed by atoms with van der Waals surface area (Å²) in [6.07, 6.45) is 0.451. The lowest BCUT2D eigenvalue weighted by Gasteiger charge is -2.27. The van der Waals surface area contributed by atoms with Crippen molar-refractivity contribution >= 4 is 33.4 Å². The van der Waals surface area contributed by atoms with Crippen LogP contribution in [0, 0.1) is 17.6 Å². The average molecular weight is 594 g/mol. The molecule has 0 unspecified atom stereocenters. The maximum absolute atomic E-state index is 15.3. The van der Waals surface area contributed by atoms with Crippen molar-refractivity contribution in [3.63, 3.8) is 0 Å². The lowest BCUT2D eigenvalue weighted by molar-refractivity contribution is -0.120. The van der Waals surface area contributed by atoms with Gasteiger partial charge in [0.25, 0.3) is 11.8 Å². The summed E-state index contributed by atoms with van der Waals surface area (Å²) in [6.45, 7) is 5.96. The van der Waals surface area contributed by atoms with Crippen LogP contribution in [0.5, 0.6) is 0 Å². The van der Waals surface area contributed by atoms with Gasteiger partial charge in [-0.15, -0.1) is 0 Å². The lowest BCUT2D eigenvalue weighted by Crippen LogP contribution is -2.51. The summed E-state index contributed by atoms with van der Waals surface area (Å²) >= 11 is 0. The molecular weight excluding hydrogens is 560 g/mol. The minimum Gasteiger partial charge on any atom is -0.444 e. The van der Waals surface area contributed by atoms with Gasteiger partial charge >= 0.3 is 6.09 Å². The minimum atomic E-state index is -4.35. The van der Waals surface area contributed by atoms with Gasteiger partial charge in [0.1, 0.15) is 23.3 Å². The lowest BCUT2D eigenvalue weighted by atomic mass is 10.0. The topological polar surface area (TPSA) is 131 Å². The number of halogens is 2. The van der Waals surface area contributed by atoms with Crippen LogP contribution in [0.2, 0.25) is 0 Å². The van der Waals surface area contributed by atoms with E-state index < -0.39 is 67.2 Å². The highest BCUT2D eigenvalue weighted by atomic mass is 32.2. The SMILES string of the molecule is CC(C)(C)OC(=O)N[C@H]1CS(=O)(=O)c2cc(F)c(C(=O)NCC3CCOCC3)cc2N(Cc2ccc(F)cc2)C1=O. The van der Waals surface area contributed by atoms with E-state index in [0.29, 0.717) is 18.8 Å². The fourth-order valence-corrected chi connectivity index (χ4v) is 6.25. The Hall–Kier alpha value is -3.58. The van der Waals surface area contributed by atoms with E-state index in [2.05, 4.69) is 10.6 Å². The maximum atomic E-state index is 15.3. The van der Waals surface area contributed by atoms with Gasteiger partial charge < -0.3 is 25.0 Å². The predicted molar refractivity (Wildman–Crippen MR) is 145 cm³/mol. The second-order valence-electron chi connectivity index (χ2n) is 11.1. The number of alkyl carbamates (subject to hydrolysis) is 1. The van der Waals surface area contributed by atoms with Crippen LogP contribution < -0.4 is 15.5 Å². The number of carbonyl (C=O) groups is 3. The third-order valence-electron chi connectivity index (χ3n) is 6.71. The zero-order valence-electron chi connectivity index (χ0n) is 23.0. The van der Waals surface area contributed by atoms with Crippen LogP contribution in [0.4, 0.5) is 19.3 Å². The van der Waals surface area contributed by atoms with E-state index in [0.717, 1.165) is 29.9 Å². The van der Waals surface area contributed by atoms with Gasteiger partial charge in [-0.2, -0.15) is 0 Å². The molecule has 0 bridgehead atoms. The molecule has 2 aromatic rings. The Morgan fingerprint density at radius 3 is 2.39 bits per heavy atom. The van der Waals surface area contributed by atoms with E-state index in [1.54, 1.807) is 20.8 Å².